The Morgan fingerprint density at radius 1 is 0.294 bits per heavy atom. The number of rotatable bonds is 24. The van der Waals surface area contributed by atoms with Gasteiger partial charge in [0.15, 0.2) is 0 Å². The number of hydrogen-bond acceptors (Lipinski definition) is 28. The number of carbonyl (C=O) groups is 4. The zero-order valence-electron chi connectivity index (χ0n) is 79.7. The Bertz CT molecular complexity index is 6050. The summed E-state index contributed by atoms with van der Waals surface area (Å²) in [7, 11) is 0. The molecule has 8 atom stereocenters. The van der Waals surface area contributed by atoms with Crippen LogP contribution in [0.3, 0.4) is 0 Å². The van der Waals surface area contributed by atoms with Crippen LogP contribution in [-0.4, -0.2) is 133 Å². The van der Waals surface area contributed by atoms with Crippen LogP contribution < -0.4 is 41.9 Å². The van der Waals surface area contributed by atoms with E-state index in [0.717, 1.165) is 262 Å². The van der Waals surface area contributed by atoms with Crippen LogP contribution in [0.4, 0.5) is 0 Å². The predicted octanol–water partition coefficient (Wildman–Crippen LogP) is 17.3. The number of pyridine rings is 12. The smallest absolute Gasteiger partial charge is 0.340 e. The van der Waals surface area contributed by atoms with Gasteiger partial charge >= 0.3 is 23.9 Å². The average Bonchev–Trinajstić information content (AvgIpc) is 1.58. The highest BCUT2D eigenvalue weighted by molar-refractivity contribution is 5.97. The molecular weight excluding hydrogens is 1710 g/mol. The number of aromatic nitrogens is 12. The lowest BCUT2D eigenvalue weighted by Crippen LogP contribution is -2.36. The molecule has 0 aromatic carbocycles. The van der Waals surface area contributed by atoms with Crippen molar-refractivity contribution in [2.24, 2.45) is 22.9 Å². The normalized spacial score (nSPS) is 22.2. The van der Waals surface area contributed by atoms with Crippen LogP contribution in [0.25, 0.3) is 43.1 Å². The van der Waals surface area contributed by atoms with E-state index in [0.29, 0.717) is 71.5 Å². The molecule has 12 aliphatic rings. The minimum Gasteiger partial charge on any atom is -0.474 e. The number of nitrogens with two attached hydrogens (primary N) is 4. The molecular formula is C108H120N16O12. The monoisotopic (exact) mass is 1830 g/mol. The summed E-state index contributed by atoms with van der Waals surface area (Å²) >= 11 is 0. The van der Waals surface area contributed by atoms with Gasteiger partial charge in [0.05, 0.1) is 88.2 Å². The van der Waals surface area contributed by atoms with Gasteiger partial charge in [-0.05, 0) is 300 Å². The Labute approximate surface area is 790 Å². The second kappa shape index (κ2) is 33.9. The zero-order valence-corrected chi connectivity index (χ0v) is 79.7. The number of ether oxygens (including phenoxy) is 8. The second-order valence-electron chi connectivity index (χ2n) is 41.5. The number of fused-ring (bicyclic) bond motifs is 12. The minimum atomic E-state index is -0.513. The SMILES string of the molecule is CC[C@@](C)(N)c1cnc(OC2CC2)c2cnc(Cc3ccc4c(n3)C3(CC3)[C@@H](C)OC4=O)cc12.CC[C@@](C)(N)c1cnc(OC2CC2)c2cnc(Cc3ccc4c(n3)C3(CC3)[C@H](C)OC4=O)cc12.CC[C@](C)(N)c1cnc(OC2CC2)c2cnc(Cc3ccc4c(n3)C3(CC3)[C@@H](C)OC4=O)cc12.CC[C@](C)(N)c1cnc(OC2CC2)c2cnc(Cc3ccc4c(n3)C3(CC3)[C@H](C)OC4=O)cc12. The molecule has 0 amide bonds. The Morgan fingerprint density at radius 3 is 0.669 bits per heavy atom. The summed E-state index contributed by atoms with van der Waals surface area (Å²) in [5, 5.41) is 7.67. The summed E-state index contributed by atoms with van der Waals surface area (Å²) in [5.74, 6) is 1.42. The van der Waals surface area contributed by atoms with Crippen molar-refractivity contribution in [2.45, 2.75) is 330 Å². The molecule has 4 spiro atoms. The van der Waals surface area contributed by atoms with Gasteiger partial charge in [-0.25, -0.2) is 39.1 Å². The molecule has 12 aromatic rings. The highest BCUT2D eigenvalue weighted by atomic mass is 16.6. The number of cyclic esters (lactones) is 4. The fourth-order valence-corrected chi connectivity index (χ4v) is 19.9. The van der Waals surface area contributed by atoms with Gasteiger partial charge in [-0.15, -0.1) is 0 Å². The molecule has 16 heterocycles. The maximum absolute atomic E-state index is 12.4. The Morgan fingerprint density at radius 2 is 0.493 bits per heavy atom. The molecule has 4 aliphatic heterocycles. The van der Waals surface area contributed by atoms with Crippen LogP contribution >= 0.6 is 0 Å². The first kappa shape index (κ1) is 90.2. The van der Waals surface area contributed by atoms with Crippen molar-refractivity contribution in [3.63, 3.8) is 0 Å². The molecule has 0 bridgehead atoms. The van der Waals surface area contributed by atoms with Gasteiger partial charge < -0.3 is 60.8 Å². The molecule has 0 saturated heterocycles. The molecule has 24 rings (SSSR count). The summed E-state index contributed by atoms with van der Waals surface area (Å²) in [6.45, 7) is 24.4. The molecule has 704 valence electrons. The fourth-order valence-electron chi connectivity index (χ4n) is 19.9. The maximum atomic E-state index is 12.4. The predicted molar refractivity (Wildman–Crippen MR) is 511 cm³/mol. The third kappa shape index (κ3) is 16.9. The molecule has 0 unspecified atom stereocenters. The summed E-state index contributed by atoms with van der Waals surface area (Å²) in [5.41, 5.74) is 41.2. The van der Waals surface area contributed by atoms with Crippen molar-refractivity contribution in [1.29, 1.82) is 0 Å². The van der Waals surface area contributed by atoms with Crippen molar-refractivity contribution < 1.29 is 57.1 Å². The summed E-state index contributed by atoms with van der Waals surface area (Å²) in [6, 6.07) is 23.5. The van der Waals surface area contributed by atoms with Gasteiger partial charge in [0, 0.05) is 143 Å². The van der Waals surface area contributed by atoms with E-state index in [-0.39, 0.29) is 94.4 Å². The van der Waals surface area contributed by atoms with Crippen molar-refractivity contribution in [2.75, 3.05) is 0 Å². The summed E-state index contributed by atoms with van der Waals surface area (Å²) < 4.78 is 46.5. The van der Waals surface area contributed by atoms with Crippen LogP contribution in [0.1, 0.15) is 344 Å². The Balaban J connectivity index is 0.000000108. The summed E-state index contributed by atoms with van der Waals surface area (Å²) in [6.07, 6.45) is 37.3. The summed E-state index contributed by atoms with van der Waals surface area (Å²) in [4.78, 5) is 107. The van der Waals surface area contributed by atoms with Crippen LogP contribution in [0.5, 0.6) is 23.5 Å². The van der Waals surface area contributed by atoms with Crippen molar-refractivity contribution in [3.05, 3.63) is 235 Å². The standard InChI is InChI=1S/4C27H30N4O3/c4*1-4-26(3,28)22-14-30-24(34-18-6-7-18)21-13-29-17(12-20(21)22)11-16-5-8-19-23(31-16)27(9-10-27)15(2)33-25(19)32/h4*5,8,12-15,18H,4,6-7,9-11,28H2,1-3H3/t2*15-,26+;2*15-,26-/m1010/s1. The van der Waals surface area contributed by atoms with Crippen molar-refractivity contribution in [1.82, 2.24) is 59.8 Å². The van der Waals surface area contributed by atoms with Gasteiger partial charge in [-0.2, -0.15) is 0 Å². The molecule has 8 saturated carbocycles. The van der Waals surface area contributed by atoms with E-state index in [1.54, 1.807) is 0 Å². The highest BCUT2D eigenvalue weighted by Gasteiger charge is 2.60. The Hall–Kier alpha value is -12.2. The lowest BCUT2D eigenvalue weighted by Gasteiger charge is -2.30. The van der Waals surface area contributed by atoms with Gasteiger partial charge in [-0.3, -0.25) is 39.9 Å². The number of esters is 4. The first-order valence-electron chi connectivity index (χ1n) is 49.0. The van der Waals surface area contributed by atoms with E-state index in [2.05, 4.69) is 71.9 Å². The van der Waals surface area contributed by atoms with Gasteiger partial charge in [-0.1, -0.05) is 27.7 Å². The van der Waals surface area contributed by atoms with E-state index in [1.165, 1.54) is 0 Å². The van der Waals surface area contributed by atoms with E-state index < -0.39 is 22.2 Å². The number of nitrogens with zero attached hydrogens (tertiary/aromatic N) is 12. The molecule has 28 heteroatoms. The zero-order chi connectivity index (χ0) is 94.7. The molecule has 8 N–H and O–H groups in total. The van der Waals surface area contributed by atoms with E-state index in [1.807, 2.05) is 153 Å². The van der Waals surface area contributed by atoms with Crippen LogP contribution in [0.15, 0.2) is 122 Å². The molecule has 0 radical (unpaired) electrons. The quantitative estimate of drug-likeness (QED) is 0.0322. The van der Waals surface area contributed by atoms with Crippen molar-refractivity contribution in [3.8, 4) is 23.5 Å². The fraction of sp³-hybridized carbons (Fsp3) is 0.481. The van der Waals surface area contributed by atoms with E-state index in [4.69, 9.17) is 101 Å². The van der Waals surface area contributed by atoms with Crippen molar-refractivity contribution >= 4 is 67.0 Å². The lowest BCUT2D eigenvalue weighted by atomic mass is 9.88. The largest absolute Gasteiger partial charge is 0.474 e. The molecule has 28 nitrogen and oxygen atoms in total. The Kier molecular flexibility index (Phi) is 22.5. The second-order valence-corrected chi connectivity index (χ2v) is 41.5. The van der Waals surface area contributed by atoms with E-state index in [9.17, 15) is 19.2 Å². The number of hydrogen-bond donors (Lipinski definition) is 4. The molecule has 8 aliphatic carbocycles. The lowest BCUT2D eigenvalue weighted by molar-refractivity contribution is 0.0174. The van der Waals surface area contributed by atoms with Crippen LogP contribution in [-0.2, 0) is 88.4 Å². The number of carbonyl (C=O) groups excluding carboxylic acids is 4. The third-order valence-electron chi connectivity index (χ3n) is 31.2. The highest BCUT2D eigenvalue weighted by Crippen LogP contribution is 2.59. The van der Waals surface area contributed by atoms with Gasteiger partial charge in [0.25, 0.3) is 0 Å². The third-order valence-corrected chi connectivity index (χ3v) is 31.2. The molecule has 8 fully saturated rings. The molecule has 136 heavy (non-hydrogen) atoms. The van der Waals surface area contributed by atoms with E-state index >= 15 is 0 Å². The molecule has 12 aromatic heterocycles. The first-order chi connectivity index (χ1) is 65.2. The van der Waals surface area contributed by atoms with Gasteiger partial charge in [0.2, 0.25) is 23.5 Å². The first-order valence-corrected chi connectivity index (χ1v) is 49.0. The topological polar surface area (TPSA) is 401 Å². The van der Waals surface area contributed by atoms with Crippen LogP contribution in [0.2, 0.25) is 0 Å². The average molecular weight is 1830 g/mol. The maximum Gasteiger partial charge on any atom is 0.340 e. The minimum absolute atomic E-state index is 0.119. The van der Waals surface area contributed by atoms with Gasteiger partial charge in [0.1, 0.15) is 48.8 Å². The van der Waals surface area contributed by atoms with Crippen LogP contribution in [0, 0.1) is 0 Å².